The van der Waals surface area contributed by atoms with Gasteiger partial charge in [0.1, 0.15) is 11.8 Å². The average molecular weight is 337 g/mol. The zero-order valence-electron chi connectivity index (χ0n) is 14.9. The highest BCUT2D eigenvalue weighted by Gasteiger charge is 2.27. The van der Waals surface area contributed by atoms with Crippen LogP contribution < -0.4 is 9.64 Å². The highest BCUT2D eigenvalue weighted by Crippen LogP contribution is 2.30. The predicted molar refractivity (Wildman–Crippen MR) is 98.3 cm³/mol. The second-order valence-corrected chi connectivity index (χ2v) is 6.78. The molecule has 25 heavy (non-hydrogen) atoms. The number of ether oxygens (including phenoxy) is 1. The molecule has 1 aliphatic heterocycles. The van der Waals surface area contributed by atoms with E-state index in [1.54, 1.807) is 13.2 Å². The summed E-state index contributed by atoms with van der Waals surface area (Å²) in [4.78, 5) is 6.47. The Labute approximate surface area is 148 Å². The molecular weight excluding hydrogens is 314 g/mol. The molecule has 2 atom stereocenters. The van der Waals surface area contributed by atoms with Gasteiger partial charge >= 0.3 is 0 Å². The third kappa shape index (κ3) is 4.03. The van der Waals surface area contributed by atoms with E-state index in [4.69, 9.17) is 9.15 Å². The van der Waals surface area contributed by atoms with Gasteiger partial charge in [0.25, 0.3) is 0 Å². The Hall–Kier alpha value is -2.74. The molecule has 1 fully saturated rings. The fourth-order valence-corrected chi connectivity index (χ4v) is 3.43. The summed E-state index contributed by atoms with van der Waals surface area (Å²) in [6.07, 6.45) is 4.89. The van der Waals surface area contributed by atoms with E-state index in [-0.39, 0.29) is 0 Å². The van der Waals surface area contributed by atoms with Gasteiger partial charge < -0.3 is 14.1 Å². The second kappa shape index (κ2) is 7.43. The van der Waals surface area contributed by atoms with Gasteiger partial charge in [-0.25, -0.2) is 0 Å². The van der Waals surface area contributed by atoms with Gasteiger partial charge in [0.2, 0.25) is 17.5 Å². The summed E-state index contributed by atoms with van der Waals surface area (Å²) >= 11 is 0. The number of aromatic nitrogens is 1. The number of nitriles is 1. The Morgan fingerprint density at radius 1 is 1.28 bits per heavy atom. The van der Waals surface area contributed by atoms with E-state index in [1.165, 1.54) is 6.42 Å². The molecule has 0 N–H and O–H groups in total. The number of nitrogens with zero attached hydrogens (tertiary/aromatic N) is 3. The molecule has 5 nitrogen and oxygen atoms in total. The first-order chi connectivity index (χ1) is 12.1. The van der Waals surface area contributed by atoms with Crippen LogP contribution in [0.5, 0.6) is 5.75 Å². The minimum Gasteiger partial charge on any atom is -0.497 e. The molecule has 3 rings (SSSR count). The molecule has 1 aromatic heterocycles. The standard InChI is InChI=1S/C20H23N3O2/c1-14-9-15(2)13-23(12-14)20-18(11-21)22-19(25-20)8-7-16-5-4-6-17(10-16)24-3/h4-8,10,14-15H,9,12-13H2,1-3H3. The van der Waals surface area contributed by atoms with Crippen LogP contribution in [-0.2, 0) is 0 Å². The van der Waals surface area contributed by atoms with Crippen molar-refractivity contribution < 1.29 is 9.15 Å². The lowest BCUT2D eigenvalue weighted by molar-refractivity contribution is 0.342. The largest absolute Gasteiger partial charge is 0.497 e. The van der Waals surface area contributed by atoms with Gasteiger partial charge in [-0.2, -0.15) is 10.2 Å². The molecule has 5 heteroatoms. The van der Waals surface area contributed by atoms with Gasteiger partial charge in [-0.05, 0) is 42.0 Å². The summed E-state index contributed by atoms with van der Waals surface area (Å²) < 4.78 is 11.1. The van der Waals surface area contributed by atoms with E-state index < -0.39 is 0 Å². The number of anilines is 1. The molecule has 2 aromatic rings. The van der Waals surface area contributed by atoms with Crippen LogP contribution in [-0.4, -0.2) is 25.2 Å². The maximum atomic E-state index is 9.41. The Kier molecular flexibility index (Phi) is 5.08. The van der Waals surface area contributed by atoms with Crippen molar-refractivity contribution in [3.8, 4) is 11.8 Å². The van der Waals surface area contributed by atoms with Gasteiger partial charge in [-0.15, -0.1) is 0 Å². The average Bonchev–Trinajstić information content (AvgIpc) is 3.03. The van der Waals surface area contributed by atoms with Gasteiger partial charge in [0, 0.05) is 19.2 Å². The van der Waals surface area contributed by atoms with Crippen molar-refractivity contribution in [1.82, 2.24) is 4.98 Å². The molecule has 0 spiro atoms. The molecule has 130 valence electrons. The van der Waals surface area contributed by atoms with E-state index in [0.29, 0.717) is 29.3 Å². The Bertz CT molecular complexity index is 794. The van der Waals surface area contributed by atoms with Gasteiger partial charge in [-0.3, -0.25) is 0 Å². The Morgan fingerprint density at radius 2 is 2.04 bits per heavy atom. The van der Waals surface area contributed by atoms with Crippen LogP contribution >= 0.6 is 0 Å². The Balaban J connectivity index is 1.83. The van der Waals surface area contributed by atoms with E-state index >= 15 is 0 Å². The number of benzene rings is 1. The second-order valence-electron chi connectivity index (χ2n) is 6.78. The number of methoxy groups -OCH3 is 1. The van der Waals surface area contributed by atoms with E-state index in [9.17, 15) is 5.26 Å². The summed E-state index contributed by atoms with van der Waals surface area (Å²) in [7, 11) is 1.64. The molecular formula is C20H23N3O2. The molecule has 0 saturated carbocycles. The van der Waals surface area contributed by atoms with E-state index in [1.807, 2.05) is 30.3 Å². The third-order valence-corrected chi connectivity index (χ3v) is 4.40. The number of piperidine rings is 1. The van der Waals surface area contributed by atoms with Crippen molar-refractivity contribution in [2.24, 2.45) is 11.8 Å². The fourth-order valence-electron chi connectivity index (χ4n) is 3.43. The van der Waals surface area contributed by atoms with Crippen LogP contribution in [0.4, 0.5) is 5.88 Å². The first-order valence-corrected chi connectivity index (χ1v) is 8.57. The number of hydrogen-bond acceptors (Lipinski definition) is 5. The predicted octanol–water partition coefficient (Wildman–Crippen LogP) is 4.21. The summed E-state index contributed by atoms with van der Waals surface area (Å²) in [5.41, 5.74) is 1.34. The minimum atomic E-state index is 0.353. The van der Waals surface area contributed by atoms with Gasteiger partial charge in [0.15, 0.2) is 0 Å². The molecule has 0 aliphatic carbocycles. The summed E-state index contributed by atoms with van der Waals surface area (Å²) in [5, 5.41) is 9.41. The minimum absolute atomic E-state index is 0.353. The summed E-state index contributed by atoms with van der Waals surface area (Å²) in [5.74, 6) is 2.99. The zero-order chi connectivity index (χ0) is 17.8. The molecule has 2 heterocycles. The maximum absolute atomic E-state index is 9.41. The molecule has 2 unspecified atom stereocenters. The molecule has 1 aliphatic rings. The zero-order valence-corrected chi connectivity index (χ0v) is 14.9. The van der Waals surface area contributed by atoms with Gasteiger partial charge in [0.05, 0.1) is 7.11 Å². The lowest BCUT2D eigenvalue weighted by Gasteiger charge is -2.34. The normalized spacial score (nSPS) is 20.6. The van der Waals surface area contributed by atoms with Crippen LogP contribution in [0.25, 0.3) is 12.2 Å². The van der Waals surface area contributed by atoms with Crippen LogP contribution in [0.2, 0.25) is 0 Å². The van der Waals surface area contributed by atoms with Crippen molar-refractivity contribution in [2.75, 3.05) is 25.1 Å². The molecule has 1 saturated heterocycles. The van der Waals surface area contributed by atoms with E-state index in [2.05, 4.69) is 29.8 Å². The van der Waals surface area contributed by atoms with Crippen LogP contribution in [0.3, 0.4) is 0 Å². The van der Waals surface area contributed by atoms with E-state index in [0.717, 1.165) is 24.4 Å². The van der Waals surface area contributed by atoms with Crippen molar-refractivity contribution in [3.05, 3.63) is 41.4 Å². The fraction of sp³-hybridized carbons (Fsp3) is 0.400. The summed E-state index contributed by atoms with van der Waals surface area (Å²) in [6, 6.07) is 9.89. The number of hydrogen-bond donors (Lipinski definition) is 0. The SMILES string of the molecule is COc1cccc(C=Cc2nc(C#N)c(N3CC(C)CC(C)C3)o2)c1. The lowest BCUT2D eigenvalue weighted by Crippen LogP contribution is -2.38. The monoisotopic (exact) mass is 337 g/mol. The van der Waals surface area contributed by atoms with Crippen LogP contribution in [0.15, 0.2) is 28.7 Å². The van der Waals surface area contributed by atoms with Crippen molar-refractivity contribution >= 4 is 18.0 Å². The Morgan fingerprint density at radius 3 is 2.72 bits per heavy atom. The van der Waals surface area contributed by atoms with Crippen molar-refractivity contribution in [1.29, 1.82) is 5.26 Å². The lowest BCUT2D eigenvalue weighted by atomic mass is 9.92. The molecule has 0 radical (unpaired) electrons. The topological polar surface area (TPSA) is 62.3 Å². The first kappa shape index (κ1) is 17.1. The smallest absolute Gasteiger partial charge is 0.235 e. The maximum Gasteiger partial charge on any atom is 0.235 e. The number of rotatable bonds is 4. The quantitative estimate of drug-likeness (QED) is 0.836. The van der Waals surface area contributed by atoms with Crippen LogP contribution in [0.1, 0.15) is 37.4 Å². The first-order valence-electron chi connectivity index (χ1n) is 8.57. The van der Waals surface area contributed by atoms with Crippen LogP contribution in [0, 0.1) is 23.2 Å². The van der Waals surface area contributed by atoms with Crippen molar-refractivity contribution in [3.63, 3.8) is 0 Å². The molecule has 1 aromatic carbocycles. The molecule has 0 bridgehead atoms. The highest BCUT2D eigenvalue weighted by atomic mass is 16.5. The van der Waals surface area contributed by atoms with Crippen molar-refractivity contribution in [2.45, 2.75) is 20.3 Å². The number of oxazole rings is 1. The summed E-state index contributed by atoms with van der Waals surface area (Å²) in [6.45, 7) is 6.25. The third-order valence-electron chi connectivity index (χ3n) is 4.40. The van der Waals surface area contributed by atoms with Gasteiger partial charge in [-0.1, -0.05) is 26.0 Å². The highest BCUT2D eigenvalue weighted by molar-refractivity contribution is 5.68. The molecule has 0 amide bonds.